The Labute approximate surface area is 239 Å². The number of nitrogens with zero attached hydrogens (tertiary/aromatic N) is 3. The minimum atomic E-state index is -0.883. The van der Waals surface area contributed by atoms with Gasteiger partial charge >= 0.3 is 0 Å². The highest BCUT2D eigenvalue weighted by atomic mass is 35.5. The molecule has 1 saturated carbocycles. The topological polar surface area (TPSA) is 111 Å². The Kier molecular flexibility index (Phi) is 7.79. The lowest BCUT2D eigenvalue weighted by atomic mass is 9.93. The zero-order chi connectivity index (χ0) is 28.5. The fourth-order valence-corrected chi connectivity index (χ4v) is 6.53. The first-order valence-electron chi connectivity index (χ1n) is 13.7. The normalized spacial score (nSPS) is 21.6. The predicted octanol–water partition coefficient (Wildman–Crippen LogP) is 3.33. The first-order valence-corrected chi connectivity index (χ1v) is 14.1. The van der Waals surface area contributed by atoms with E-state index in [4.69, 9.17) is 16.6 Å². The Morgan fingerprint density at radius 2 is 1.75 bits per heavy atom. The van der Waals surface area contributed by atoms with Crippen molar-refractivity contribution >= 4 is 47.1 Å². The van der Waals surface area contributed by atoms with E-state index in [2.05, 4.69) is 10.6 Å². The van der Waals surface area contributed by atoms with Gasteiger partial charge in [0.2, 0.25) is 18.2 Å². The molecule has 1 heterocycles. The third-order valence-corrected chi connectivity index (χ3v) is 8.86. The van der Waals surface area contributed by atoms with Crippen LogP contribution < -0.4 is 10.6 Å². The summed E-state index contributed by atoms with van der Waals surface area (Å²) in [4.78, 5) is 59.2. The first kappa shape index (κ1) is 28.0. The molecule has 40 heavy (non-hydrogen) atoms. The van der Waals surface area contributed by atoms with Crippen LogP contribution >= 0.6 is 11.6 Å². The zero-order valence-corrected chi connectivity index (χ0v) is 23.6. The van der Waals surface area contributed by atoms with Crippen molar-refractivity contribution in [1.82, 2.24) is 15.1 Å². The van der Waals surface area contributed by atoms with Crippen LogP contribution in [0.5, 0.6) is 0 Å². The minimum absolute atomic E-state index is 0.128. The number of hydrogen-bond acceptors (Lipinski definition) is 6. The van der Waals surface area contributed by atoms with Crippen LogP contribution in [0.2, 0.25) is 5.02 Å². The highest BCUT2D eigenvalue weighted by molar-refractivity contribution is 6.50. The third-order valence-electron chi connectivity index (χ3n) is 8.53. The number of benzene rings is 2. The van der Waals surface area contributed by atoms with Gasteiger partial charge in [0.05, 0.1) is 5.02 Å². The molecule has 0 bridgehead atoms. The molecule has 2 N–H and O–H groups in total. The lowest BCUT2D eigenvalue weighted by Gasteiger charge is -2.35. The maximum Gasteiger partial charge on any atom is 0.275 e. The quantitative estimate of drug-likeness (QED) is 0.502. The molecule has 9 nitrogen and oxygen atoms in total. The van der Waals surface area contributed by atoms with Gasteiger partial charge in [-0.05, 0) is 69.1 Å². The number of likely N-dealkylation sites (N-methyl/N-ethyl adjacent to an activating group) is 1. The van der Waals surface area contributed by atoms with E-state index in [9.17, 15) is 19.2 Å². The van der Waals surface area contributed by atoms with E-state index in [1.165, 1.54) is 0 Å². The smallest absolute Gasteiger partial charge is 0.275 e. The molecular formula is C30H34ClN5O4. The Morgan fingerprint density at radius 1 is 1.05 bits per heavy atom. The van der Waals surface area contributed by atoms with Crippen LogP contribution in [0.15, 0.2) is 47.5 Å². The Balaban J connectivity index is 1.36. The number of carbonyl (C=O) groups excluding carboxylic acids is 4. The van der Waals surface area contributed by atoms with Crippen molar-refractivity contribution in [2.24, 2.45) is 4.99 Å². The summed E-state index contributed by atoms with van der Waals surface area (Å²) in [5.41, 5.74) is 1.75. The van der Waals surface area contributed by atoms with Crippen molar-refractivity contribution in [3.63, 3.8) is 0 Å². The summed E-state index contributed by atoms with van der Waals surface area (Å²) in [6.45, 7) is -0.128. The minimum Gasteiger partial charge on any atom is -0.325 e. The fourth-order valence-electron chi connectivity index (χ4n) is 6.30. The fraction of sp³-hybridized carbons (Fsp3) is 0.433. The maximum atomic E-state index is 13.7. The second kappa shape index (κ2) is 11.1. The van der Waals surface area contributed by atoms with Gasteiger partial charge in [-0.3, -0.25) is 34.4 Å². The summed E-state index contributed by atoms with van der Waals surface area (Å²) in [6, 6.07) is 12.7. The Bertz CT molecular complexity index is 1380. The van der Waals surface area contributed by atoms with Gasteiger partial charge in [0.1, 0.15) is 23.5 Å². The van der Waals surface area contributed by atoms with Crippen LogP contribution in [0.4, 0.5) is 5.69 Å². The molecule has 210 valence electrons. The van der Waals surface area contributed by atoms with Crippen molar-refractivity contribution in [2.45, 2.75) is 62.6 Å². The van der Waals surface area contributed by atoms with Gasteiger partial charge in [-0.2, -0.15) is 0 Å². The number of amides is 4. The lowest BCUT2D eigenvalue weighted by Crippen LogP contribution is -2.56. The van der Waals surface area contributed by atoms with E-state index in [-0.39, 0.29) is 24.3 Å². The van der Waals surface area contributed by atoms with Crippen molar-refractivity contribution < 1.29 is 19.2 Å². The molecule has 0 radical (unpaired) electrons. The van der Waals surface area contributed by atoms with Gasteiger partial charge in [0.25, 0.3) is 5.91 Å². The van der Waals surface area contributed by atoms with Gasteiger partial charge < -0.3 is 10.2 Å². The molecule has 1 atom stereocenters. The molecule has 2 aliphatic carbocycles. The number of imide groups is 1. The number of halogens is 1. The maximum absolute atomic E-state index is 13.7. The molecule has 5 rings (SSSR count). The van der Waals surface area contributed by atoms with E-state index in [0.717, 1.165) is 36.8 Å². The average molecular weight is 564 g/mol. The molecule has 4 amide bonds. The van der Waals surface area contributed by atoms with E-state index < -0.39 is 11.2 Å². The predicted molar refractivity (Wildman–Crippen MR) is 153 cm³/mol. The molecule has 0 saturated heterocycles. The van der Waals surface area contributed by atoms with Gasteiger partial charge in [0, 0.05) is 24.1 Å². The van der Waals surface area contributed by atoms with Crippen LogP contribution in [0, 0.1) is 0 Å². The summed E-state index contributed by atoms with van der Waals surface area (Å²) in [5, 5.41) is 5.71. The number of rotatable bonds is 7. The molecule has 0 aromatic heterocycles. The van der Waals surface area contributed by atoms with Gasteiger partial charge in [-0.1, -0.05) is 48.7 Å². The van der Waals surface area contributed by atoms with E-state index >= 15 is 0 Å². The van der Waals surface area contributed by atoms with Crippen LogP contribution in [0.25, 0.3) is 0 Å². The molecule has 10 heteroatoms. The highest BCUT2D eigenvalue weighted by Crippen LogP contribution is 2.40. The van der Waals surface area contributed by atoms with Crippen molar-refractivity contribution in [2.75, 3.05) is 26.0 Å². The molecule has 2 aromatic rings. The summed E-state index contributed by atoms with van der Waals surface area (Å²) >= 11 is 6.44. The van der Waals surface area contributed by atoms with Crippen molar-refractivity contribution in [3.8, 4) is 0 Å². The monoisotopic (exact) mass is 563 g/mol. The second-order valence-electron chi connectivity index (χ2n) is 11.1. The van der Waals surface area contributed by atoms with E-state index in [0.29, 0.717) is 54.1 Å². The molecular weight excluding hydrogens is 530 g/mol. The number of aliphatic imine (C=N–C) groups is 1. The highest BCUT2D eigenvalue weighted by Gasteiger charge is 2.48. The number of anilines is 1. The van der Waals surface area contributed by atoms with Crippen molar-refractivity contribution in [1.29, 1.82) is 0 Å². The zero-order valence-electron chi connectivity index (χ0n) is 22.8. The van der Waals surface area contributed by atoms with Gasteiger partial charge in [0.15, 0.2) is 0 Å². The van der Waals surface area contributed by atoms with Gasteiger partial charge in [-0.15, -0.1) is 0 Å². The average Bonchev–Trinajstić information content (AvgIpc) is 3.32. The molecule has 1 fully saturated rings. The SMILES string of the molecule is CN(C)C1(C(=O)NC=O)Cc2ccc(NC(=O)CN3C(=O)C(c4ccccc4Cl)=NC34CCCCCC4)cc2C1. The first-order chi connectivity index (χ1) is 19.2. The number of nitrogens with one attached hydrogen (secondary N) is 2. The molecule has 1 spiro atoms. The second-order valence-corrected chi connectivity index (χ2v) is 11.5. The van der Waals surface area contributed by atoms with Crippen molar-refractivity contribution in [3.05, 3.63) is 64.2 Å². The van der Waals surface area contributed by atoms with Crippen LogP contribution in [-0.2, 0) is 32.0 Å². The standard InChI is InChI=1S/C30H34ClN5O4/c1-35(2)29(28(40)32-19-37)16-20-11-12-22(15-21(20)17-29)33-25(38)18-36-27(39)26(23-9-5-6-10-24(23)31)34-30(36)13-7-3-4-8-14-30/h5-6,9-12,15,19H,3-4,7-8,13-14,16-18H2,1-2H3,(H,33,38)(H,32,37,40). The van der Waals surface area contributed by atoms with Crippen LogP contribution in [-0.4, -0.2) is 71.5 Å². The van der Waals surface area contributed by atoms with Crippen LogP contribution in [0.3, 0.4) is 0 Å². The summed E-state index contributed by atoms with van der Waals surface area (Å²) in [7, 11) is 3.63. The van der Waals surface area contributed by atoms with E-state index in [1.54, 1.807) is 23.1 Å². The summed E-state index contributed by atoms with van der Waals surface area (Å²) in [6.07, 6.45) is 6.68. The number of carbonyl (C=O) groups is 4. The summed E-state index contributed by atoms with van der Waals surface area (Å²) in [5.74, 6) is -0.955. The molecule has 1 unspecified atom stereocenters. The van der Waals surface area contributed by atoms with E-state index in [1.807, 2.05) is 43.3 Å². The number of hydrogen-bond donors (Lipinski definition) is 2. The molecule has 3 aliphatic rings. The Morgan fingerprint density at radius 3 is 2.42 bits per heavy atom. The molecule has 1 aliphatic heterocycles. The summed E-state index contributed by atoms with van der Waals surface area (Å²) < 4.78 is 0. The van der Waals surface area contributed by atoms with Gasteiger partial charge in [-0.25, -0.2) is 0 Å². The largest absolute Gasteiger partial charge is 0.325 e. The number of fused-ring (bicyclic) bond motifs is 1. The lowest BCUT2D eigenvalue weighted by molar-refractivity contribution is -0.134. The molecule has 2 aromatic carbocycles. The third kappa shape index (κ3) is 5.04. The Hall–Kier alpha value is -3.56. The van der Waals surface area contributed by atoms with Crippen LogP contribution in [0.1, 0.15) is 55.2 Å².